The molecule has 2 aromatic carbocycles. The fraction of sp³-hybridized carbons (Fsp3) is 0.133. The monoisotopic (exact) mass is 258 g/mol. The fourth-order valence-corrected chi connectivity index (χ4v) is 1.97. The molecule has 0 spiro atoms. The van der Waals surface area contributed by atoms with Gasteiger partial charge in [0.15, 0.2) is 5.05 Å². The summed E-state index contributed by atoms with van der Waals surface area (Å²) in [5.74, 6) is 0.838. The van der Waals surface area contributed by atoms with Gasteiger partial charge in [-0.15, -0.1) is 0 Å². The lowest BCUT2D eigenvalue weighted by atomic mass is 10.00. The Morgan fingerprint density at radius 3 is 2.22 bits per heavy atom. The lowest BCUT2D eigenvalue weighted by Gasteiger charge is -2.10. The number of ether oxygens (including phenoxy) is 2. The van der Waals surface area contributed by atoms with E-state index in [2.05, 4.69) is 0 Å². The van der Waals surface area contributed by atoms with Crippen molar-refractivity contribution in [1.29, 1.82) is 0 Å². The zero-order chi connectivity index (χ0) is 13.0. The van der Waals surface area contributed by atoms with E-state index < -0.39 is 0 Å². The van der Waals surface area contributed by atoms with Gasteiger partial charge in [0.1, 0.15) is 5.75 Å². The smallest absolute Gasteiger partial charge is 0.191 e. The van der Waals surface area contributed by atoms with Crippen LogP contribution in [0.2, 0.25) is 0 Å². The average molecular weight is 258 g/mol. The maximum absolute atomic E-state index is 5.21. The van der Waals surface area contributed by atoms with Crippen LogP contribution in [0, 0.1) is 0 Å². The summed E-state index contributed by atoms with van der Waals surface area (Å²) in [6.45, 7) is 0. The molecule has 0 saturated heterocycles. The molecule has 0 aliphatic carbocycles. The van der Waals surface area contributed by atoms with Gasteiger partial charge in [-0.25, -0.2) is 0 Å². The minimum absolute atomic E-state index is 0.501. The molecule has 3 heteroatoms. The first kappa shape index (κ1) is 12.6. The van der Waals surface area contributed by atoms with Gasteiger partial charge in [-0.2, -0.15) is 0 Å². The summed E-state index contributed by atoms with van der Waals surface area (Å²) >= 11 is 5.21. The van der Waals surface area contributed by atoms with Crippen molar-refractivity contribution in [2.75, 3.05) is 14.2 Å². The Morgan fingerprint density at radius 1 is 0.944 bits per heavy atom. The van der Waals surface area contributed by atoms with Gasteiger partial charge in [0.25, 0.3) is 0 Å². The van der Waals surface area contributed by atoms with Crippen molar-refractivity contribution in [3.8, 4) is 16.9 Å². The third kappa shape index (κ3) is 2.51. The van der Waals surface area contributed by atoms with Gasteiger partial charge in [-0.05, 0) is 41.5 Å². The highest BCUT2D eigenvalue weighted by molar-refractivity contribution is 7.80. The van der Waals surface area contributed by atoms with Crippen molar-refractivity contribution in [3.05, 3.63) is 54.1 Å². The molecule has 2 rings (SSSR count). The van der Waals surface area contributed by atoms with Crippen molar-refractivity contribution in [1.82, 2.24) is 0 Å². The van der Waals surface area contributed by atoms with E-state index in [1.165, 1.54) is 0 Å². The molecular formula is C15H14O2S. The number of hydrogen-bond donors (Lipinski definition) is 0. The number of rotatable bonds is 3. The minimum Gasteiger partial charge on any atom is -0.497 e. The highest BCUT2D eigenvalue weighted by atomic mass is 32.1. The summed E-state index contributed by atoms with van der Waals surface area (Å²) in [4.78, 5) is 0. The normalized spacial score (nSPS) is 9.89. The molecule has 0 aromatic heterocycles. The largest absolute Gasteiger partial charge is 0.497 e. The summed E-state index contributed by atoms with van der Waals surface area (Å²) in [6, 6.07) is 15.8. The van der Waals surface area contributed by atoms with E-state index in [1.54, 1.807) is 14.2 Å². The second kappa shape index (κ2) is 5.65. The molecule has 0 radical (unpaired) electrons. The maximum atomic E-state index is 5.21. The molecular weight excluding hydrogens is 244 g/mol. The van der Waals surface area contributed by atoms with E-state index in [0.717, 1.165) is 22.4 Å². The maximum Gasteiger partial charge on any atom is 0.191 e. The second-order valence-electron chi connectivity index (χ2n) is 3.77. The van der Waals surface area contributed by atoms with E-state index in [1.807, 2.05) is 48.5 Å². The van der Waals surface area contributed by atoms with Gasteiger partial charge in [0.2, 0.25) is 0 Å². The van der Waals surface area contributed by atoms with Gasteiger partial charge >= 0.3 is 0 Å². The van der Waals surface area contributed by atoms with Crippen molar-refractivity contribution in [3.63, 3.8) is 0 Å². The van der Waals surface area contributed by atoms with Crippen LogP contribution in [0.4, 0.5) is 0 Å². The van der Waals surface area contributed by atoms with Crippen LogP contribution in [0.5, 0.6) is 5.75 Å². The molecule has 0 bridgehead atoms. The average Bonchev–Trinajstić information content (AvgIpc) is 2.46. The first-order valence-electron chi connectivity index (χ1n) is 5.58. The summed E-state index contributed by atoms with van der Waals surface area (Å²) < 4.78 is 10.3. The van der Waals surface area contributed by atoms with E-state index in [-0.39, 0.29) is 0 Å². The van der Waals surface area contributed by atoms with Crippen molar-refractivity contribution in [2.45, 2.75) is 0 Å². The molecule has 2 nitrogen and oxygen atoms in total. The zero-order valence-electron chi connectivity index (χ0n) is 10.3. The Balaban J connectivity index is 2.46. The Labute approximate surface area is 112 Å². The van der Waals surface area contributed by atoms with Crippen LogP contribution in [0.25, 0.3) is 11.1 Å². The molecule has 0 saturated carbocycles. The summed E-state index contributed by atoms with van der Waals surface area (Å²) in [5, 5.41) is 0.501. The molecule has 2 aromatic rings. The number of hydrogen-bond acceptors (Lipinski definition) is 3. The molecule has 92 valence electrons. The highest BCUT2D eigenvalue weighted by Crippen LogP contribution is 2.26. The van der Waals surface area contributed by atoms with Gasteiger partial charge in [-0.1, -0.05) is 30.3 Å². The van der Waals surface area contributed by atoms with E-state index in [9.17, 15) is 0 Å². The number of methoxy groups -OCH3 is 2. The molecule has 0 fully saturated rings. The van der Waals surface area contributed by atoms with E-state index in [0.29, 0.717) is 5.05 Å². The van der Waals surface area contributed by atoms with Crippen molar-refractivity contribution >= 4 is 17.3 Å². The highest BCUT2D eigenvalue weighted by Gasteiger charge is 2.09. The van der Waals surface area contributed by atoms with Gasteiger partial charge in [-0.3, -0.25) is 0 Å². The predicted molar refractivity (Wildman–Crippen MR) is 77.1 cm³/mol. The summed E-state index contributed by atoms with van der Waals surface area (Å²) in [6.07, 6.45) is 0. The zero-order valence-corrected chi connectivity index (χ0v) is 11.2. The third-order valence-electron chi connectivity index (χ3n) is 2.73. The topological polar surface area (TPSA) is 18.5 Å². The quantitative estimate of drug-likeness (QED) is 0.782. The minimum atomic E-state index is 0.501. The predicted octanol–water partition coefficient (Wildman–Crippen LogP) is 3.68. The fourth-order valence-electron chi connectivity index (χ4n) is 1.79. The molecule has 0 N–H and O–H groups in total. The lowest BCUT2D eigenvalue weighted by Crippen LogP contribution is -2.01. The van der Waals surface area contributed by atoms with Gasteiger partial charge in [0, 0.05) is 5.56 Å². The Morgan fingerprint density at radius 2 is 1.61 bits per heavy atom. The van der Waals surface area contributed by atoms with Crippen LogP contribution in [-0.4, -0.2) is 19.3 Å². The first-order valence-corrected chi connectivity index (χ1v) is 5.99. The summed E-state index contributed by atoms with van der Waals surface area (Å²) in [5.41, 5.74) is 3.08. The number of benzene rings is 2. The van der Waals surface area contributed by atoms with E-state index >= 15 is 0 Å². The first-order chi connectivity index (χ1) is 8.76. The molecule has 0 aliphatic rings. The lowest BCUT2D eigenvalue weighted by molar-refractivity contribution is 0.415. The molecule has 0 amide bonds. The Bertz CT molecular complexity index is 547. The standard InChI is InChI=1S/C15H14O2S/c1-16-12-9-7-11(8-10-12)13-5-3-4-6-14(13)15(18)17-2/h3-10H,1-2H3. The van der Waals surface area contributed by atoms with E-state index in [4.69, 9.17) is 21.7 Å². The Hall–Kier alpha value is -1.87. The van der Waals surface area contributed by atoms with Crippen molar-refractivity contribution < 1.29 is 9.47 Å². The van der Waals surface area contributed by atoms with Gasteiger partial charge in [0.05, 0.1) is 14.2 Å². The van der Waals surface area contributed by atoms with Crippen LogP contribution >= 0.6 is 12.2 Å². The second-order valence-corrected chi connectivity index (χ2v) is 4.14. The summed E-state index contributed by atoms with van der Waals surface area (Å²) in [7, 11) is 3.25. The van der Waals surface area contributed by atoms with Crippen molar-refractivity contribution in [2.24, 2.45) is 0 Å². The molecule has 0 atom stereocenters. The van der Waals surface area contributed by atoms with Crippen LogP contribution in [0.3, 0.4) is 0 Å². The van der Waals surface area contributed by atoms with Crippen LogP contribution < -0.4 is 4.74 Å². The molecule has 0 unspecified atom stereocenters. The Kier molecular flexibility index (Phi) is 3.95. The number of thiocarbonyl (C=S) groups is 1. The van der Waals surface area contributed by atoms with Crippen LogP contribution in [0.15, 0.2) is 48.5 Å². The van der Waals surface area contributed by atoms with Crippen LogP contribution in [-0.2, 0) is 4.74 Å². The SMILES string of the molecule is COC(=S)c1ccccc1-c1ccc(OC)cc1. The van der Waals surface area contributed by atoms with Gasteiger partial charge < -0.3 is 9.47 Å². The molecule has 18 heavy (non-hydrogen) atoms. The molecule has 0 heterocycles. The van der Waals surface area contributed by atoms with Crippen LogP contribution in [0.1, 0.15) is 5.56 Å². The third-order valence-corrected chi connectivity index (χ3v) is 3.12. The molecule has 0 aliphatic heterocycles.